The number of sulfone groups is 1. The minimum Gasteiger partial charge on any atom is -0.299 e. The van der Waals surface area contributed by atoms with Crippen molar-refractivity contribution in [2.24, 2.45) is 23.2 Å². The highest BCUT2D eigenvalue weighted by Gasteiger charge is 2.93. The number of rotatable bonds is 3. The molecule has 5 nitrogen and oxygen atoms in total. The summed E-state index contributed by atoms with van der Waals surface area (Å²) in [7, 11) is -2.84. The smallest absolute Gasteiger partial charge is 0.299 e. The van der Waals surface area contributed by atoms with E-state index in [4.69, 9.17) is 0 Å². The van der Waals surface area contributed by atoms with E-state index < -0.39 is 21.7 Å². The molecule has 5 atom stereocenters. The fraction of sp³-hybridized carbons (Fsp3) is 0.842. The lowest BCUT2D eigenvalue weighted by Gasteiger charge is -2.38. The number of likely N-dealkylation sites (tertiary alicyclic amines) is 1. The van der Waals surface area contributed by atoms with Gasteiger partial charge in [-0.15, -0.1) is 0 Å². The predicted molar refractivity (Wildman–Crippen MR) is 95.4 cm³/mol. The molecule has 9 heteroatoms. The van der Waals surface area contributed by atoms with Crippen LogP contribution in [0.1, 0.15) is 44.1 Å². The average molecular weight is 415 g/mol. The second kappa shape index (κ2) is 4.79. The zero-order valence-corrected chi connectivity index (χ0v) is 16.7. The van der Waals surface area contributed by atoms with Crippen LogP contribution in [0.4, 0.5) is 13.2 Å². The molecule has 6 fully saturated rings. The Hall–Kier alpha value is -1.09. The summed E-state index contributed by atoms with van der Waals surface area (Å²) < 4.78 is 64.7. The van der Waals surface area contributed by atoms with Gasteiger partial charge in [-0.3, -0.25) is 9.58 Å². The van der Waals surface area contributed by atoms with Crippen LogP contribution in [0.3, 0.4) is 0 Å². The molecule has 0 aromatic carbocycles. The molecule has 0 N–H and O–H groups in total. The summed E-state index contributed by atoms with van der Waals surface area (Å²) in [6, 6.07) is 1.58. The molecular formula is C19H24F3N3O2S. The fourth-order valence-electron chi connectivity index (χ4n) is 7.20. The van der Waals surface area contributed by atoms with Gasteiger partial charge in [-0.25, -0.2) is 8.42 Å². The third-order valence-corrected chi connectivity index (χ3v) is 10.3. The van der Waals surface area contributed by atoms with E-state index in [1.54, 1.807) is 4.68 Å². The van der Waals surface area contributed by atoms with E-state index in [9.17, 15) is 21.6 Å². The third-order valence-electron chi connectivity index (χ3n) is 8.18. The van der Waals surface area contributed by atoms with Gasteiger partial charge in [0.15, 0.2) is 15.5 Å². The highest BCUT2D eigenvalue weighted by molar-refractivity contribution is 7.92. The zero-order chi connectivity index (χ0) is 19.9. The lowest BCUT2D eigenvalue weighted by atomic mass is 9.91. The number of fused-ring (bicyclic) bond motifs is 1. The van der Waals surface area contributed by atoms with Crippen LogP contribution < -0.4 is 0 Å². The third kappa shape index (κ3) is 2.02. The lowest BCUT2D eigenvalue weighted by Crippen LogP contribution is -2.50. The Morgan fingerprint density at radius 3 is 2.54 bits per heavy atom. The van der Waals surface area contributed by atoms with Crippen LogP contribution in [0.2, 0.25) is 0 Å². The van der Waals surface area contributed by atoms with Crippen molar-refractivity contribution in [1.29, 1.82) is 0 Å². The SMILES string of the molecule is CC(C)n1nc(C(F)(F)F)cc1[C@]12C3[C@@H](N4CCC5(C4)CS(=O)(=O)C5)C[C@@H]1[C@H]32. The minimum atomic E-state index is -4.42. The van der Waals surface area contributed by atoms with Crippen LogP contribution in [-0.4, -0.2) is 53.7 Å². The van der Waals surface area contributed by atoms with Gasteiger partial charge in [0, 0.05) is 35.2 Å². The molecule has 4 saturated carbocycles. The van der Waals surface area contributed by atoms with Crippen LogP contribution in [-0.2, 0) is 21.4 Å². The Bertz CT molecular complexity index is 967. The molecule has 0 amide bonds. The Kier molecular flexibility index (Phi) is 3.04. The van der Waals surface area contributed by atoms with Gasteiger partial charge in [0.2, 0.25) is 0 Å². The van der Waals surface area contributed by atoms with E-state index in [0.29, 0.717) is 35.3 Å². The molecule has 6 aliphatic rings. The van der Waals surface area contributed by atoms with Crippen molar-refractivity contribution in [2.75, 3.05) is 24.6 Å². The topological polar surface area (TPSA) is 55.2 Å². The minimum absolute atomic E-state index is 0.0581. The normalized spacial score (nSPS) is 42.1. The summed E-state index contributed by atoms with van der Waals surface area (Å²) in [4.78, 5) is 2.45. The molecule has 7 rings (SSSR count). The van der Waals surface area contributed by atoms with Crippen LogP contribution in [0.25, 0.3) is 0 Å². The maximum absolute atomic E-state index is 13.3. The second-order valence-corrected chi connectivity index (χ2v) is 12.2. The van der Waals surface area contributed by atoms with Crippen molar-refractivity contribution >= 4 is 9.84 Å². The first-order valence-electron chi connectivity index (χ1n) is 10.1. The average Bonchev–Trinajstić information content (AvgIpc) is 3.08. The highest BCUT2D eigenvalue weighted by atomic mass is 32.2. The summed E-state index contributed by atoms with van der Waals surface area (Å²) in [5.41, 5.74) is -0.166. The van der Waals surface area contributed by atoms with E-state index in [2.05, 4.69) is 10.00 Å². The summed E-state index contributed by atoms with van der Waals surface area (Å²) >= 11 is 0. The number of halogens is 3. The second-order valence-electron chi connectivity index (χ2n) is 10.1. The molecule has 1 unspecified atom stereocenters. The number of hydrogen-bond donors (Lipinski definition) is 0. The van der Waals surface area contributed by atoms with Gasteiger partial charge in [-0.1, -0.05) is 0 Å². The molecule has 1 aromatic heterocycles. The van der Waals surface area contributed by atoms with E-state index >= 15 is 0 Å². The molecule has 4 aliphatic carbocycles. The van der Waals surface area contributed by atoms with Crippen LogP contribution in [0.15, 0.2) is 6.07 Å². The van der Waals surface area contributed by atoms with Gasteiger partial charge < -0.3 is 0 Å². The van der Waals surface area contributed by atoms with Crippen molar-refractivity contribution in [3.05, 3.63) is 17.5 Å². The molecule has 0 radical (unpaired) electrons. The first kappa shape index (κ1) is 17.7. The molecule has 2 saturated heterocycles. The molecule has 2 aliphatic heterocycles. The summed E-state index contributed by atoms with van der Waals surface area (Å²) in [5.74, 6) is 2.00. The Morgan fingerprint density at radius 2 is 1.96 bits per heavy atom. The predicted octanol–water partition coefficient (Wildman–Crippen LogP) is 2.49. The Labute approximate surface area is 162 Å². The molecule has 1 spiro atoms. The molecular weight excluding hydrogens is 391 g/mol. The van der Waals surface area contributed by atoms with E-state index in [1.807, 2.05) is 13.8 Å². The largest absolute Gasteiger partial charge is 0.435 e. The van der Waals surface area contributed by atoms with Crippen molar-refractivity contribution < 1.29 is 21.6 Å². The number of aromatic nitrogens is 2. The van der Waals surface area contributed by atoms with Gasteiger partial charge in [0.1, 0.15) is 0 Å². The number of nitrogens with zero attached hydrogens (tertiary/aromatic N) is 3. The van der Waals surface area contributed by atoms with E-state index in [-0.39, 0.29) is 16.9 Å². The van der Waals surface area contributed by atoms with Gasteiger partial charge in [0.05, 0.1) is 11.5 Å². The standard InChI is InChI=1S/C19H24F3N3O2S/c1-10(2)25-14(6-13(23-25)19(20,21)22)18-11-5-12(16(18)15(11)18)24-4-3-17(7-24)8-28(26,27)9-17/h6,10-12,15-16H,3-5,7-9H2,1-2H3/t11-,12+,15-,16?,18-/m1/s1. The highest BCUT2D eigenvalue weighted by Crippen LogP contribution is 2.91. The summed E-state index contributed by atoms with van der Waals surface area (Å²) in [6.07, 6.45) is -2.46. The zero-order valence-electron chi connectivity index (χ0n) is 15.9. The maximum Gasteiger partial charge on any atom is 0.435 e. The van der Waals surface area contributed by atoms with Crippen molar-refractivity contribution in [3.8, 4) is 0 Å². The summed E-state index contributed by atoms with van der Waals surface area (Å²) in [5, 5.41) is 3.91. The summed E-state index contributed by atoms with van der Waals surface area (Å²) in [6.45, 7) is 5.52. The van der Waals surface area contributed by atoms with Crippen molar-refractivity contribution in [1.82, 2.24) is 14.7 Å². The van der Waals surface area contributed by atoms with Crippen molar-refractivity contribution in [2.45, 2.75) is 50.4 Å². The van der Waals surface area contributed by atoms with Gasteiger partial charge in [-0.2, -0.15) is 18.3 Å². The maximum atomic E-state index is 13.3. The Morgan fingerprint density at radius 1 is 1.25 bits per heavy atom. The quantitative estimate of drug-likeness (QED) is 0.761. The fourth-order valence-corrected chi connectivity index (χ4v) is 9.45. The van der Waals surface area contributed by atoms with Gasteiger partial charge in [-0.05, 0) is 57.1 Å². The molecule has 28 heavy (non-hydrogen) atoms. The lowest BCUT2D eigenvalue weighted by molar-refractivity contribution is -0.141. The monoisotopic (exact) mass is 415 g/mol. The first-order valence-corrected chi connectivity index (χ1v) is 11.9. The number of alkyl halides is 3. The van der Waals surface area contributed by atoms with Gasteiger partial charge in [0.25, 0.3) is 0 Å². The molecule has 154 valence electrons. The molecule has 2 bridgehead atoms. The first-order chi connectivity index (χ1) is 13.0. The van der Waals surface area contributed by atoms with Crippen molar-refractivity contribution in [3.63, 3.8) is 0 Å². The Balaban J connectivity index is 1.26. The van der Waals surface area contributed by atoms with E-state index in [1.165, 1.54) is 6.07 Å². The van der Waals surface area contributed by atoms with Crippen LogP contribution in [0, 0.1) is 23.2 Å². The van der Waals surface area contributed by atoms with Gasteiger partial charge >= 0.3 is 6.18 Å². The molecule has 1 aromatic rings. The van der Waals surface area contributed by atoms with E-state index in [0.717, 1.165) is 31.6 Å². The molecule has 3 heterocycles. The van der Waals surface area contributed by atoms with Crippen LogP contribution in [0.5, 0.6) is 0 Å². The number of hydrogen-bond acceptors (Lipinski definition) is 4. The van der Waals surface area contributed by atoms with Crippen LogP contribution >= 0.6 is 0 Å².